The van der Waals surface area contributed by atoms with Gasteiger partial charge in [-0.25, -0.2) is 14.1 Å². The second-order valence-electron chi connectivity index (χ2n) is 8.30. The van der Waals surface area contributed by atoms with Crippen molar-refractivity contribution in [2.75, 3.05) is 0 Å². The van der Waals surface area contributed by atoms with Gasteiger partial charge >= 0.3 is 0 Å². The highest BCUT2D eigenvalue weighted by Gasteiger charge is 2.16. The molecule has 7 heteroatoms. The van der Waals surface area contributed by atoms with Crippen LogP contribution in [0.2, 0.25) is 0 Å². The molecule has 0 aliphatic carbocycles. The summed E-state index contributed by atoms with van der Waals surface area (Å²) in [6, 6.07) is 18.2. The molecule has 34 heavy (non-hydrogen) atoms. The van der Waals surface area contributed by atoms with Crippen LogP contribution >= 0.6 is 35.2 Å². The first-order valence-corrected chi connectivity index (χ1v) is 13.1. The van der Waals surface area contributed by atoms with Gasteiger partial charge in [-0.15, -0.1) is 12.6 Å². The predicted octanol–water partition coefficient (Wildman–Crippen LogP) is 7.01. The van der Waals surface area contributed by atoms with Gasteiger partial charge in [-0.2, -0.15) is 5.10 Å². The van der Waals surface area contributed by atoms with Crippen molar-refractivity contribution in [3.8, 4) is 5.69 Å². The molecule has 2 heterocycles. The number of aliphatic imine (C=N–C) groups is 1. The molecule has 0 bridgehead atoms. The number of nitrogens with one attached hydrogen (secondary N) is 1. The summed E-state index contributed by atoms with van der Waals surface area (Å²) >= 11 is 6.81. The summed E-state index contributed by atoms with van der Waals surface area (Å²) in [7, 11) is 0. The Morgan fingerprint density at radius 2 is 1.85 bits per heavy atom. The van der Waals surface area contributed by atoms with E-state index in [1.54, 1.807) is 12.4 Å². The molecule has 1 aliphatic heterocycles. The van der Waals surface area contributed by atoms with Crippen LogP contribution in [-0.2, 0) is 13.0 Å². The molecule has 1 atom stereocenters. The van der Waals surface area contributed by atoms with Crippen LogP contribution < -0.4 is 5.32 Å². The van der Waals surface area contributed by atoms with E-state index in [0.717, 1.165) is 53.8 Å². The lowest BCUT2D eigenvalue weighted by Crippen LogP contribution is -2.24. The Hall–Kier alpha value is -2.39. The number of allylic oxidation sites excluding steroid dienone is 2. The summed E-state index contributed by atoms with van der Waals surface area (Å²) in [4.78, 5) is 5.25. The molecule has 1 aliphatic rings. The summed E-state index contributed by atoms with van der Waals surface area (Å²) in [6.07, 6.45) is 11.6. The van der Waals surface area contributed by atoms with Gasteiger partial charge in [-0.05, 0) is 79.1 Å². The Morgan fingerprint density at radius 3 is 2.59 bits per heavy atom. The van der Waals surface area contributed by atoms with Crippen LogP contribution in [0.1, 0.15) is 36.8 Å². The first-order valence-electron chi connectivity index (χ1n) is 11.4. The quantitative estimate of drug-likeness (QED) is 0.170. The smallest absolute Gasteiger partial charge is 0.164 e. The van der Waals surface area contributed by atoms with Gasteiger partial charge in [0.2, 0.25) is 0 Å². The second kappa shape index (κ2) is 12.4. The first kappa shape index (κ1) is 24.7. The maximum Gasteiger partial charge on any atom is 0.164 e. The molecule has 4 nitrogen and oxygen atoms in total. The summed E-state index contributed by atoms with van der Waals surface area (Å²) in [6.45, 7) is 0.519. The fourth-order valence-electron chi connectivity index (χ4n) is 3.85. The summed E-state index contributed by atoms with van der Waals surface area (Å²) in [5.41, 5.74) is 4.24. The average molecular weight is 587 g/mol. The van der Waals surface area contributed by atoms with E-state index in [9.17, 15) is 0 Å². The zero-order chi connectivity index (χ0) is 23.8. The van der Waals surface area contributed by atoms with Gasteiger partial charge in [-0.1, -0.05) is 52.9 Å². The summed E-state index contributed by atoms with van der Waals surface area (Å²) in [5.74, 6) is 0.113. The lowest BCUT2D eigenvalue weighted by Gasteiger charge is -2.16. The molecule has 0 saturated carbocycles. The Morgan fingerprint density at radius 1 is 1.09 bits per heavy atom. The SMILES string of the molecule is FC1=C(\CCC(I)Cc2ccc(-n3cccn3)cc2)CC/C=C/N=C\1NCc1ccc(S)cc1. The Labute approximate surface area is 219 Å². The lowest BCUT2D eigenvalue weighted by molar-refractivity contribution is 0.623. The maximum absolute atomic E-state index is 15.4. The molecule has 0 fully saturated rings. The third-order valence-corrected chi connectivity index (χ3v) is 7.12. The zero-order valence-electron chi connectivity index (χ0n) is 18.9. The summed E-state index contributed by atoms with van der Waals surface area (Å²) in [5, 5.41) is 7.45. The van der Waals surface area contributed by atoms with Crippen molar-refractivity contribution >= 4 is 41.1 Å². The largest absolute Gasteiger partial charge is 0.364 e. The minimum atomic E-state index is -0.206. The van der Waals surface area contributed by atoms with Crippen molar-refractivity contribution in [2.45, 2.75) is 47.5 Å². The monoisotopic (exact) mass is 586 g/mol. The topological polar surface area (TPSA) is 42.2 Å². The van der Waals surface area contributed by atoms with E-state index >= 15 is 4.39 Å². The van der Waals surface area contributed by atoms with Crippen molar-refractivity contribution in [1.29, 1.82) is 0 Å². The molecule has 176 valence electrons. The van der Waals surface area contributed by atoms with E-state index in [1.807, 2.05) is 47.3 Å². The van der Waals surface area contributed by atoms with Gasteiger partial charge in [-0.3, -0.25) is 0 Å². The highest BCUT2D eigenvalue weighted by Crippen LogP contribution is 2.26. The van der Waals surface area contributed by atoms with E-state index in [2.05, 4.69) is 74.9 Å². The van der Waals surface area contributed by atoms with Gasteiger partial charge < -0.3 is 5.32 Å². The molecule has 0 radical (unpaired) electrons. The van der Waals surface area contributed by atoms with Crippen molar-refractivity contribution in [1.82, 2.24) is 15.1 Å². The molecular weight excluding hydrogens is 558 g/mol. The van der Waals surface area contributed by atoms with Crippen molar-refractivity contribution < 1.29 is 4.39 Å². The van der Waals surface area contributed by atoms with Gasteiger partial charge in [0.25, 0.3) is 0 Å². The van der Waals surface area contributed by atoms with E-state index in [-0.39, 0.29) is 5.83 Å². The third kappa shape index (κ3) is 7.06. The number of benzene rings is 2. The normalized spacial score (nSPS) is 19.6. The minimum Gasteiger partial charge on any atom is -0.364 e. The van der Waals surface area contributed by atoms with Crippen LogP contribution in [0.5, 0.6) is 0 Å². The van der Waals surface area contributed by atoms with Crippen LogP contribution in [-0.4, -0.2) is 19.5 Å². The average Bonchev–Trinajstić information content (AvgIpc) is 3.38. The van der Waals surface area contributed by atoms with Crippen LogP contribution in [0.25, 0.3) is 5.69 Å². The van der Waals surface area contributed by atoms with Gasteiger partial charge in [0, 0.05) is 34.0 Å². The van der Waals surface area contributed by atoms with Crippen LogP contribution in [0.15, 0.2) is 101 Å². The molecule has 0 saturated heterocycles. The Bertz CT molecular complexity index is 1150. The predicted molar refractivity (Wildman–Crippen MR) is 149 cm³/mol. The minimum absolute atomic E-state index is 0.206. The number of hydrogen-bond acceptors (Lipinski definition) is 4. The number of amidine groups is 1. The van der Waals surface area contributed by atoms with E-state index in [0.29, 0.717) is 16.3 Å². The van der Waals surface area contributed by atoms with E-state index in [4.69, 9.17) is 0 Å². The Balaban J connectivity index is 1.34. The number of hydrogen-bond donors (Lipinski definition) is 2. The molecule has 4 rings (SSSR count). The van der Waals surface area contributed by atoms with Crippen molar-refractivity contribution in [3.05, 3.63) is 102 Å². The number of nitrogens with zero attached hydrogens (tertiary/aromatic N) is 3. The molecule has 1 N–H and O–H groups in total. The van der Waals surface area contributed by atoms with Crippen LogP contribution in [0.3, 0.4) is 0 Å². The van der Waals surface area contributed by atoms with Crippen molar-refractivity contribution in [2.24, 2.45) is 4.99 Å². The molecule has 3 aromatic rings. The molecule has 1 unspecified atom stereocenters. The Kier molecular flexibility index (Phi) is 8.98. The number of halogens is 2. The third-order valence-electron chi connectivity index (χ3n) is 5.76. The van der Waals surface area contributed by atoms with Gasteiger partial charge in [0.1, 0.15) is 0 Å². The second-order valence-corrected chi connectivity index (χ2v) is 10.6. The molecule has 0 spiro atoms. The lowest BCUT2D eigenvalue weighted by atomic mass is 9.99. The molecular formula is C27H28FIN4S. The standard InChI is InChI=1S/C27H28FIN4S/c28-26-22(4-1-2-15-30-27(26)31-19-21-7-13-25(34)14-8-21)9-10-23(29)18-20-5-11-24(12-6-20)33-17-3-16-32-33/h2-3,5-8,11-17,23,34H,1,4,9-10,18-19H2,(H,30,31)/b15-2+,26-22-. The zero-order valence-corrected chi connectivity index (χ0v) is 21.9. The fraction of sp³-hybridized carbons (Fsp3) is 0.259. The molecule has 0 amide bonds. The summed E-state index contributed by atoms with van der Waals surface area (Å²) < 4.78 is 17.7. The van der Waals surface area contributed by atoms with Gasteiger partial charge in [0.05, 0.1) is 5.69 Å². The molecule has 1 aromatic heterocycles. The number of thiol groups is 1. The number of rotatable bonds is 8. The maximum atomic E-state index is 15.4. The van der Waals surface area contributed by atoms with Crippen LogP contribution in [0, 0.1) is 0 Å². The van der Waals surface area contributed by atoms with Crippen LogP contribution in [0.4, 0.5) is 4.39 Å². The fourth-order valence-corrected chi connectivity index (χ4v) is 4.81. The van der Waals surface area contributed by atoms with E-state index in [1.165, 1.54) is 5.56 Å². The molecule has 2 aromatic carbocycles. The van der Waals surface area contributed by atoms with Gasteiger partial charge in [0.15, 0.2) is 11.7 Å². The highest BCUT2D eigenvalue weighted by molar-refractivity contribution is 14.1. The van der Waals surface area contributed by atoms with Crippen molar-refractivity contribution in [3.63, 3.8) is 0 Å². The number of alkyl halides is 1. The highest BCUT2D eigenvalue weighted by atomic mass is 127. The first-order chi connectivity index (χ1) is 16.6. The van der Waals surface area contributed by atoms with E-state index < -0.39 is 0 Å². The number of aromatic nitrogens is 2.